The van der Waals surface area contributed by atoms with Crippen LogP contribution in [0.2, 0.25) is 0 Å². The molecule has 2 fully saturated rings. The first-order valence-electron chi connectivity index (χ1n) is 10.7. The Morgan fingerprint density at radius 3 is 2.73 bits per heavy atom. The van der Waals surface area contributed by atoms with Crippen LogP contribution >= 0.6 is 0 Å². The quantitative estimate of drug-likeness (QED) is 0.652. The first-order valence-corrected chi connectivity index (χ1v) is 10.7. The van der Waals surface area contributed by atoms with Crippen LogP contribution in [0.25, 0.3) is 11.3 Å². The Labute approximate surface area is 187 Å². The van der Waals surface area contributed by atoms with Crippen LogP contribution in [0.3, 0.4) is 0 Å². The molecule has 2 aliphatic heterocycles. The van der Waals surface area contributed by atoms with Gasteiger partial charge in [0.2, 0.25) is 0 Å². The van der Waals surface area contributed by atoms with Crippen molar-refractivity contribution in [3.63, 3.8) is 0 Å². The number of fused-ring (bicyclic) bond motifs is 2. The molecule has 1 saturated carbocycles. The molecule has 1 saturated heterocycles. The second-order valence-corrected chi connectivity index (χ2v) is 8.64. The molecule has 1 unspecified atom stereocenters. The molecule has 7 nitrogen and oxygen atoms in total. The number of benzene rings is 1. The molecule has 0 radical (unpaired) electrons. The number of ether oxygens (including phenoxy) is 3. The fourth-order valence-corrected chi connectivity index (χ4v) is 5.08. The van der Waals surface area contributed by atoms with Crippen molar-refractivity contribution >= 4 is 5.82 Å². The maximum atomic E-state index is 14.9. The summed E-state index contributed by atoms with van der Waals surface area (Å²) in [5.74, 6) is -1.64. The van der Waals surface area contributed by atoms with Crippen molar-refractivity contribution in [2.24, 2.45) is 0 Å². The van der Waals surface area contributed by atoms with E-state index >= 15 is 0 Å². The molecular formula is C22H23F4N3O4. The number of nitrogens with one attached hydrogen (secondary N) is 1. The van der Waals surface area contributed by atoms with Gasteiger partial charge >= 0.3 is 6.18 Å². The van der Waals surface area contributed by atoms with E-state index in [0.717, 1.165) is 19.3 Å². The molecule has 11 heteroatoms. The first-order chi connectivity index (χ1) is 15.7. The second kappa shape index (κ2) is 8.07. The number of aromatic nitrogens is 2. The van der Waals surface area contributed by atoms with E-state index in [9.17, 15) is 22.7 Å². The summed E-state index contributed by atoms with van der Waals surface area (Å²) in [6, 6.07) is 0.835. The molecule has 5 rings (SSSR count). The second-order valence-electron chi connectivity index (χ2n) is 8.64. The summed E-state index contributed by atoms with van der Waals surface area (Å²) in [6.07, 6.45) is -1.51. The van der Waals surface area contributed by atoms with Crippen LogP contribution in [0.1, 0.15) is 42.4 Å². The van der Waals surface area contributed by atoms with Crippen molar-refractivity contribution in [2.75, 3.05) is 25.6 Å². The zero-order chi connectivity index (χ0) is 23.4. The number of halogens is 4. The standard InChI is InChI=1S/C22H23F4N3O4/c1-31-16-4-2-3-14(16)27-20-18-12(9-33-21(18)5-6-32-10-21)19(28-29-20)17-13(23)7-11(8-15(17)30)22(24,25)26/h7-8,14,16,30H,2-6,9-10H2,1H3,(H,27,29)/t14-,16-,21?/m1/s1. The van der Waals surface area contributed by atoms with E-state index in [1.165, 1.54) is 0 Å². The van der Waals surface area contributed by atoms with E-state index in [1.807, 2.05) is 0 Å². The zero-order valence-electron chi connectivity index (χ0n) is 17.8. The Balaban J connectivity index is 1.63. The average molecular weight is 469 g/mol. The summed E-state index contributed by atoms with van der Waals surface area (Å²) in [7, 11) is 1.65. The summed E-state index contributed by atoms with van der Waals surface area (Å²) in [5.41, 5.74) is -1.47. The van der Waals surface area contributed by atoms with Gasteiger partial charge in [-0.15, -0.1) is 10.2 Å². The largest absolute Gasteiger partial charge is 0.507 e. The summed E-state index contributed by atoms with van der Waals surface area (Å²) in [4.78, 5) is 0. The molecule has 33 heavy (non-hydrogen) atoms. The minimum absolute atomic E-state index is 0.00312. The van der Waals surface area contributed by atoms with Gasteiger partial charge in [-0.1, -0.05) is 0 Å². The monoisotopic (exact) mass is 469 g/mol. The highest BCUT2D eigenvalue weighted by Crippen LogP contribution is 2.49. The summed E-state index contributed by atoms with van der Waals surface area (Å²) in [5, 5.41) is 22.1. The highest BCUT2D eigenvalue weighted by molar-refractivity contribution is 5.74. The number of aromatic hydroxyl groups is 1. The van der Waals surface area contributed by atoms with Crippen LogP contribution < -0.4 is 5.32 Å². The molecule has 1 aromatic heterocycles. The number of alkyl halides is 3. The molecule has 0 amide bonds. The van der Waals surface area contributed by atoms with E-state index in [2.05, 4.69) is 15.5 Å². The van der Waals surface area contributed by atoms with Crippen LogP contribution in [0, 0.1) is 5.82 Å². The zero-order valence-corrected chi connectivity index (χ0v) is 17.8. The fraction of sp³-hybridized carbons (Fsp3) is 0.545. The van der Waals surface area contributed by atoms with E-state index in [4.69, 9.17) is 14.2 Å². The number of anilines is 1. The predicted octanol–water partition coefficient (Wildman–Crippen LogP) is 4.13. The molecule has 1 aromatic carbocycles. The molecular weight excluding hydrogens is 446 g/mol. The van der Waals surface area contributed by atoms with Crippen molar-refractivity contribution in [3.05, 3.63) is 34.6 Å². The average Bonchev–Trinajstić information content (AvgIpc) is 3.50. The maximum Gasteiger partial charge on any atom is 0.416 e. The van der Waals surface area contributed by atoms with Gasteiger partial charge in [0.25, 0.3) is 0 Å². The van der Waals surface area contributed by atoms with Crippen LogP contribution in [0.15, 0.2) is 12.1 Å². The van der Waals surface area contributed by atoms with Crippen molar-refractivity contribution in [2.45, 2.75) is 56.2 Å². The third-order valence-electron chi connectivity index (χ3n) is 6.72. The van der Waals surface area contributed by atoms with Gasteiger partial charge in [-0.25, -0.2) is 4.39 Å². The highest BCUT2D eigenvalue weighted by Gasteiger charge is 2.48. The number of methoxy groups -OCH3 is 1. The molecule has 0 bridgehead atoms. The van der Waals surface area contributed by atoms with E-state index in [1.54, 1.807) is 7.11 Å². The van der Waals surface area contributed by atoms with E-state index in [-0.39, 0.29) is 31.1 Å². The molecule has 3 atom stereocenters. The topological polar surface area (TPSA) is 85.7 Å². The Bertz CT molecular complexity index is 1050. The smallest absolute Gasteiger partial charge is 0.416 e. The Kier molecular flexibility index (Phi) is 5.45. The van der Waals surface area contributed by atoms with Gasteiger partial charge in [0.05, 0.1) is 36.5 Å². The van der Waals surface area contributed by atoms with Gasteiger partial charge in [0.15, 0.2) is 5.82 Å². The lowest BCUT2D eigenvalue weighted by molar-refractivity contribution is -0.137. The van der Waals surface area contributed by atoms with Crippen LogP contribution in [0.4, 0.5) is 23.4 Å². The number of rotatable bonds is 4. The molecule has 1 spiro atoms. The molecule has 2 N–H and O–H groups in total. The normalized spacial score (nSPS) is 26.8. The molecule has 3 heterocycles. The van der Waals surface area contributed by atoms with E-state index in [0.29, 0.717) is 42.1 Å². The third kappa shape index (κ3) is 3.71. The van der Waals surface area contributed by atoms with Crippen LogP contribution in [0.5, 0.6) is 5.75 Å². The van der Waals surface area contributed by atoms with Crippen molar-refractivity contribution in [1.82, 2.24) is 10.2 Å². The van der Waals surface area contributed by atoms with Gasteiger partial charge in [-0.05, 0) is 31.4 Å². The van der Waals surface area contributed by atoms with Crippen molar-refractivity contribution < 1.29 is 36.9 Å². The lowest BCUT2D eigenvalue weighted by Gasteiger charge is -2.27. The highest BCUT2D eigenvalue weighted by atomic mass is 19.4. The summed E-state index contributed by atoms with van der Waals surface area (Å²) in [6.45, 7) is 0.761. The number of hydrogen-bond donors (Lipinski definition) is 2. The first kappa shape index (κ1) is 22.3. The van der Waals surface area contributed by atoms with Gasteiger partial charge in [-0.3, -0.25) is 0 Å². The van der Waals surface area contributed by atoms with E-state index < -0.39 is 34.5 Å². The Morgan fingerprint density at radius 1 is 1.24 bits per heavy atom. The Morgan fingerprint density at radius 2 is 2.06 bits per heavy atom. The number of phenols is 1. The van der Waals surface area contributed by atoms with Crippen LogP contribution in [-0.4, -0.2) is 47.8 Å². The predicted molar refractivity (Wildman–Crippen MR) is 108 cm³/mol. The van der Waals surface area contributed by atoms with Crippen molar-refractivity contribution in [3.8, 4) is 17.0 Å². The van der Waals surface area contributed by atoms with Crippen LogP contribution in [-0.2, 0) is 32.6 Å². The summed E-state index contributed by atoms with van der Waals surface area (Å²) < 4.78 is 71.2. The summed E-state index contributed by atoms with van der Waals surface area (Å²) >= 11 is 0. The molecule has 1 aliphatic carbocycles. The van der Waals surface area contributed by atoms with Gasteiger partial charge in [-0.2, -0.15) is 13.2 Å². The molecule has 3 aliphatic rings. The lowest BCUT2D eigenvalue weighted by Crippen LogP contribution is -2.33. The fourth-order valence-electron chi connectivity index (χ4n) is 5.08. The number of phenolic OH excluding ortho intramolecular Hbond substituents is 1. The van der Waals surface area contributed by atoms with Gasteiger partial charge in [0, 0.05) is 31.3 Å². The number of nitrogens with zero attached hydrogens (tertiary/aromatic N) is 2. The SMILES string of the molecule is CO[C@@H]1CCC[C@H]1Nc1nnc(-c2c(O)cc(C(F)(F)F)cc2F)c2c1C1(CCOC1)OC2. The Hall–Kier alpha value is -2.50. The minimum Gasteiger partial charge on any atom is -0.507 e. The molecule has 2 aromatic rings. The molecule has 178 valence electrons. The maximum absolute atomic E-state index is 14.9. The minimum atomic E-state index is -4.80. The van der Waals surface area contributed by atoms with Crippen molar-refractivity contribution in [1.29, 1.82) is 0 Å². The third-order valence-corrected chi connectivity index (χ3v) is 6.72. The van der Waals surface area contributed by atoms with Gasteiger partial charge in [0.1, 0.15) is 22.9 Å². The lowest BCUT2D eigenvalue weighted by atomic mass is 9.89. The number of hydrogen-bond acceptors (Lipinski definition) is 7. The van der Waals surface area contributed by atoms with Gasteiger partial charge < -0.3 is 24.6 Å².